The van der Waals surface area contributed by atoms with Crippen molar-refractivity contribution in [1.82, 2.24) is 0 Å². The van der Waals surface area contributed by atoms with Crippen molar-refractivity contribution in [3.05, 3.63) is 157 Å². The van der Waals surface area contributed by atoms with Gasteiger partial charge in [0.2, 0.25) is 0 Å². The molecular formula is C38H32N2O2. The molecule has 0 heterocycles. The van der Waals surface area contributed by atoms with Gasteiger partial charge in [-0.05, 0) is 97.8 Å². The standard InChI is InChI=1S/C38H32N2O2/c1-27-11-19-31(20-12-27)39(35-7-3-5-9-37(35)41)33-23-15-29(16-24-33)30-17-25-34(26-18-30)40(32-21-13-28(2)14-22-32)36-8-4-6-10-38(36)42/h3-26,41-42H,1-2H3. The minimum Gasteiger partial charge on any atom is -0.506 e. The molecule has 0 saturated heterocycles. The molecule has 2 N–H and O–H groups in total. The SMILES string of the molecule is Cc1ccc(N(c2ccc(-c3ccc(N(c4ccc(C)cc4)c4ccccc4O)cc3)cc2)c2ccccc2O)cc1. The number of benzene rings is 6. The monoisotopic (exact) mass is 548 g/mol. The molecule has 0 radical (unpaired) electrons. The summed E-state index contributed by atoms with van der Waals surface area (Å²) in [4.78, 5) is 4.13. The summed E-state index contributed by atoms with van der Waals surface area (Å²) >= 11 is 0. The largest absolute Gasteiger partial charge is 0.506 e. The van der Waals surface area contributed by atoms with Gasteiger partial charge in [-0.15, -0.1) is 0 Å². The fourth-order valence-electron chi connectivity index (χ4n) is 5.15. The van der Waals surface area contributed by atoms with Gasteiger partial charge in [0, 0.05) is 22.7 Å². The van der Waals surface area contributed by atoms with Gasteiger partial charge in [-0.1, -0.05) is 83.9 Å². The Morgan fingerprint density at radius 3 is 0.952 bits per heavy atom. The first kappa shape index (κ1) is 26.7. The Morgan fingerprint density at radius 1 is 0.357 bits per heavy atom. The first-order chi connectivity index (χ1) is 20.5. The summed E-state index contributed by atoms with van der Waals surface area (Å²) in [6, 6.07) is 48.1. The summed E-state index contributed by atoms with van der Waals surface area (Å²) in [6.45, 7) is 4.13. The van der Waals surface area contributed by atoms with Crippen LogP contribution in [0.15, 0.2) is 146 Å². The lowest BCUT2D eigenvalue weighted by Gasteiger charge is -2.27. The molecule has 206 valence electrons. The molecule has 0 atom stereocenters. The molecular weight excluding hydrogens is 516 g/mol. The van der Waals surface area contributed by atoms with E-state index in [0.29, 0.717) is 0 Å². The van der Waals surface area contributed by atoms with Crippen LogP contribution in [0.1, 0.15) is 11.1 Å². The number of rotatable bonds is 7. The third kappa shape index (κ3) is 5.43. The van der Waals surface area contributed by atoms with E-state index in [2.05, 4.69) is 121 Å². The van der Waals surface area contributed by atoms with E-state index >= 15 is 0 Å². The zero-order valence-electron chi connectivity index (χ0n) is 23.6. The third-order valence-corrected chi connectivity index (χ3v) is 7.41. The highest BCUT2D eigenvalue weighted by Crippen LogP contribution is 2.42. The maximum absolute atomic E-state index is 10.7. The number of aromatic hydroxyl groups is 2. The first-order valence-electron chi connectivity index (χ1n) is 14.0. The summed E-state index contributed by atoms with van der Waals surface area (Å²) in [5.74, 6) is 0.445. The molecule has 0 saturated carbocycles. The Balaban J connectivity index is 1.34. The summed E-state index contributed by atoms with van der Waals surface area (Å²) < 4.78 is 0. The van der Waals surface area contributed by atoms with Gasteiger partial charge in [0.25, 0.3) is 0 Å². The number of para-hydroxylation sites is 4. The number of hydrogen-bond acceptors (Lipinski definition) is 4. The average molecular weight is 549 g/mol. The molecule has 0 aliphatic carbocycles. The number of nitrogens with zero attached hydrogens (tertiary/aromatic N) is 2. The van der Waals surface area contributed by atoms with Crippen LogP contribution < -0.4 is 9.80 Å². The van der Waals surface area contributed by atoms with Crippen molar-refractivity contribution in [2.75, 3.05) is 9.80 Å². The second kappa shape index (κ2) is 11.6. The predicted molar refractivity (Wildman–Crippen MR) is 174 cm³/mol. The Bertz CT molecular complexity index is 1660. The Morgan fingerprint density at radius 2 is 0.643 bits per heavy atom. The van der Waals surface area contributed by atoms with Crippen molar-refractivity contribution in [3.8, 4) is 22.6 Å². The Hall–Kier alpha value is -5.48. The lowest BCUT2D eigenvalue weighted by atomic mass is 10.0. The van der Waals surface area contributed by atoms with E-state index in [4.69, 9.17) is 0 Å². The summed E-state index contributed by atoms with van der Waals surface area (Å²) in [6.07, 6.45) is 0. The minimum absolute atomic E-state index is 0.223. The second-order valence-electron chi connectivity index (χ2n) is 10.4. The third-order valence-electron chi connectivity index (χ3n) is 7.41. The molecule has 6 rings (SSSR count). The van der Waals surface area contributed by atoms with E-state index < -0.39 is 0 Å². The highest BCUT2D eigenvalue weighted by Gasteiger charge is 2.17. The van der Waals surface area contributed by atoms with Crippen LogP contribution in [-0.2, 0) is 0 Å². The van der Waals surface area contributed by atoms with Crippen LogP contribution in [-0.4, -0.2) is 10.2 Å². The fraction of sp³-hybridized carbons (Fsp3) is 0.0526. The topological polar surface area (TPSA) is 46.9 Å². The average Bonchev–Trinajstić information content (AvgIpc) is 3.02. The molecule has 0 aliphatic heterocycles. The van der Waals surface area contributed by atoms with Crippen LogP contribution in [0, 0.1) is 13.8 Å². The highest BCUT2D eigenvalue weighted by atomic mass is 16.3. The number of anilines is 6. The normalized spacial score (nSPS) is 10.8. The van der Waals surface area contributed by atoms with Crippen molar-refractivity contribution in [3.63, 3.8) is 0 Å². The smallest absolute Gasteiger partial charge is 0.139 e. The molecule has 0 amide bonds. The van der Waals surface area contributed by atoms with Gasteiger partial charge < -0.3 is 20.0 Å². The molecule has 42 heavy (non-hydrogen) atoms. The van der Waals surface area contributed by atoms with Crippen LogP contribution in [0.5, 0.6) is 11.5 Å². The van der Waals surface area contributed by atoms with Gasteiger partial charge in [0.1, 0.15) is 11.5 Å². The van der Waals surface area contributed by atoms with Gasteiger partial charge >= 0.3 is 0 Å². The zero-order chi connectivity index (χ0) is 29.1. The van der Waals surface area contributed by atoms with Crippen molar-refractivity contribution in [2.24, 2.45) is 0 Å². The molecule has 0 spiro atoms. The van der Waals surface area contributed by atoms with Crippen LogP contribution in [0.4, 0.5) is 34.1 Å². The van der Waals surface area contributed by atoms with Crippen molar-refractivity contribution >= 4 is 34.1 Å². The molecule has 0 fully saturated rings. The van der Waals surface area contributed by atoms with Crippen LogP contribution in [0.25, 0.3) is 11.1 Å². The molecule has 0 unspecified atom stereocenters. The first-order valence-corrected chi connectivity index (χ1v) is 14.0. The Labute approximate surface area is 247 Å². The minimum atomic E-state index is 0.223. The molecule has 6 aromatic carbocycles. The van der Waals surface area contributed by atoms with E-state index in [-0.39, 0.29) is 11.5 Å². The molecule has 6 aromatic rings. The maximum Gasteiger partial charge on any atom is 0.139 e. The summed E-state index contributed by atoms with van der Waals surface area (Å²) in [7, 11) is 0. The maximum atomic E-state index is 10.7. The van der Waals surface area contributed by atoms with Gasteiger partial charge in [0.15, 0.2) is 0 Å². The number of hydrogen-bond donors (Lipinski definition) is 2. The molecule has 0 bridgehead atoms. The van der Waals surface area contributed by atoms with E-state index in [1.54, 1.807) is 12.1 Å². The van der Waals surface area contributed by atoms with E-state index in [1.165, 1.54) is 11.1 Å². The van der Waals surface area contributed by atoms with Crippen LogP contribution >= 0.6 is 0 Å². The van der Waals surface area contributed by atoms with Gasteiger partial charge in [-0.3, -0.25) is 0 Å². The number of aryl methyl sites for hydroxylation is 2. The molecule has 0 aliphatic rings. The number of phenolic OH excluding ortho intramolecular Hbond substituents is 2. The van der Waals surface area contributed by atoms with Crippen LogP contribution in [0.3, 0.4) is 0 Å². The number of phenols is 2. The highest BCUT2D eigenvalue weighted by molar-refractivity contribution is 5.83. The van der Waals surface area contributed by atoms with Gasteiger partial charge in [0.05, 0.1) is 11.4 Å². The molecule has 0 aromatic heterocycles. The second-order valence-corrected chi connectivity index (χ2v) is 10.4. The van der Waals surface area contributed by atoms with Gasteiger partial charge in [-0.25, -0.2) is 0 Å². The van der Waals surface area contributed by atoms with Crippen LogP contribution in [0.2, 0.25) is 0 Å². The predicted octanol–water partition coefficient (Wildman–Crippen LogP) is 10.3. The van der Waals surface area contributed by atoms with Crippen molar-refractivity contribution in [2.45, 2.75) is 13.8 Å². The molecule has 4 heteroatoms. The lowest BCUT2D eigenvalue weighted by Crippen LogP contribution is -2.10. The quantitative estimate of drug-likeness (QED) is 0.208. The summed E-state index contributed by atoms with van der Waals surface area (Å²) in [5.41, 5.74) is 9.80. The lowest BCUT2D eigenvalue weighted by molar-refractivity contribution is 0.476. The van der Waals surface area contributed by atoms with E-state index in [0.717, 1.165) is 45.3 Å². The van der Waals surface area contributed by atoms with Crippen molar-refractivity contribution in [1.29, 1.82) is 0 Å². The zero-order valence-corrected chi connectivity index (χ0v) is 23.6. The van der Waals surface area contributed by atoms with Crippen molar-refractivity contribution < 1.29 is 10.2 Å². The van der Waals surface area contributed by atoms with E-state index in [1.807, 2.05) is 36.4 Å². The van der Waals surface area contributed by atoms with E-state index in [9.17, 15) is 10.2 Å². The Kier molecular flexibility index (Phi) is 7.35. The fourth-order valence-corrected chi connectivity index (χ4v) is 5.15. The summed E-state index contributed by atoms with van der Waals surface area (Å²) in [5, 5.41) is 21.4. The molecule has 4 nitrogen and oxygen atoms in total. The van der Waals surface area contributed by atoms with Gasteiger partial charge in [-0.2, -0.15) is 0 Å².